The van der Waals surface area contributed by atoms with Crippen LogP contribution >= 0.6 is 0 Å². The molecular weight excluding hydrogens is 468 g/mol. The van der Waals surface area contributed by atoms with E-state index in [2.05, 4.69) is 93.4 Å². The highest BCUT2D eigenvalue weighted by Gasteiger charge is 2.31. The molecule has 1 aromatic carbocycles. The van der Waals surface area contributed by atoms with Gasteiger partial charge in [0.15, 0.2) is 6.23 Å². The second kappa shape index (κ2) is 14.4. The first-order valence-corrected chi connectivity index (χ1v) is 14.8. The molecular formula is C33H50N4O. The van der Waals surface area contributed by atoms with Gasteiger partial charge in [0, 0.05) is 48.2 Å². The zero-order chi connectivity index (χ0) is 27.7. The van der Waals surface area contributed by atoms with Gasteiger partial charge in [-0.1, -0.05) is 66.0 Å². The van der Waals surface area contributed by atoms with Gasteiger partial charge in [0.05, 0.1) is 12.3 Å². The summed E-state index contributed by atoms with van der Waals surface area (Å²) in [5.41, 5.74) is 7.93. The Hall–Kier alpha value is -2.79. The van der Waals surface area contributed by atoms with Crippen molar-refractivity contribution in [2.24, 2.45) is 11.8 Å². The van der Waals surface area contributed by atoms with Gasteiger partial charge in [-0.25, -0.2) is 4.98 Å². The summed E-state index contributed by atoms with van der Waals surface area (Å²) in [5, 5.41) is 4.61. The lowest BCUT2D eigenvalue weighted by Crippen LogP contribution is -2.28. The molecule has 1 aliphatic rings. The fourth-order valence-corrected chi connectivity index (χ4v) is 5.30. The lowest BCUT2D eigenvalue weighted by molar-refractivity contribution is -0.0505. The standard InChI is InChI=1S/C31H44N4O.C2H6/c1-7-11-23(15-14-21(4)8-2)20-36-31-29-28(26-16-22(5)18-33-30(26)34-29)27(19-35(31)6)24-12-10-13-25(17-24)32-9-3;1-2/h10,12-13,16-19,21,23,31-32H,7-9,11,14-15,20H2,1-6H3,(H,33,34);1-2H3. The Kier molecular flexibility index (Phi) is 11.3. The molecule has 0 bridgehead atoms. The van der Waals surface area contributed by atoms with Crippen molar-refractivity contribution < 1.29 is 4.74 Å². The van der Waals surface area contributed by atoms with Crippen molar-refractivity contribution in [1.82, 2.24) is 14.9 Å². The number of hydrogen-bond donors (Lipinski definition) is 2. The minimum atomic E-state index is -0.154. The van der Waals surface area contributed by atoms with Crippen molar-refractivity contribution in [3.63, 3.8) is 0 Å². The summed E-state index contributed by atoms with van der Waals surface area (Å²) < 4.78 is 6.72. The average molecular weight is 519 g/mol. The number of benzene rings is 1. The number of anilines is 1. The first kappa shape index (κ1) is 29.8. The third-order valence-corrected chi connectivity index (χ3v) is 7.54. The van der Waals surface area contributed by atoms with Gasteiger partial charge in [0.1, 0.15) is 5.65 Å². The number of H-pyrrole nitrogens is 1. The Morgan fingerprint density at radius 1 is 1.11 bits per heavy atom. The van der Waals surface area contributed by atoms with Gasteiger partial charge in [0.25, 0.3) is 0 Å². The molecule has 0 aliphatic carbocycles. The van der Waals surface area contributed by atoms with E-state index in [-0.39, 0.29) is 6.23 Å². The third kappa shape index (κ3) is 6.99. The maximum atomic E-state index is 6.72. The average Bonchev–Trinajstić information content (AvgIpc) is 3.30. The highest BCUT2D eigenvalue weighted by molar-refractivity contribution is 5.98. The van der Waals surface area contributed by atoms with Crippen LogP contribution in [0.5, 0.6) is 0 Å². The monoisotopic (exact) mass is 518 g/mol. The molecule has 208 valence electrons. The predicted molar refractivity (Wildman–Crippen MR) is 163 cm³/mol. The SMILES string of the molecule is CC.CCCC(CCC(C)CC)COC1c2[nH]c3ncc(C)cc3c2C(c2cccc(NCC)c2)=CN1C. The summed E-state index contributed by atoms with van der Waals surface area (Å²) in [7, 11) is 2.12. The van der Waals surface area contributed by atoms with Crippen molar-refractivity contribution in [3.05, 3.63) is 65.1 Å². The number of nitrogens with one attached hydrogen (secondary N) is 2. The number of pyridine rings is 1. The smallest absolute Gasteiger partial charge is 0.171 e. The molecule has 0 radical (unpaired) electrons. The fraction of sp³-hybridized carbons (Fsp3) is 0.545. The summed E-state index contributed by atoms with van der Waals surface area (Å²) in [5.74, 6) is 1.37. The molecule has 0 spiro atoms. The molecule has 0 saturated heterocycles. The molecule has 0 fully saturated rings. The van der Waals surface area contributed by atoms with Crippen LogP contribution in [-0.2, 0) is 4.74 Å². The van der Waals surface area contributed by atoms with Crippen molar-refractivity contribution in [2.45, 2.75) is 86.8 Å². The molecule has 0 saturated carbocycles. The summed E-state index contributed by atoms with van der Waals surface area (Å²) in [6, 6.07) is 10.9. The van der Waals surface area contributed by atoms with E-state index in [4.69, 9.17) is 9.72 Å². The normalized spacial score (nSPS) is 16.4. The molecule has 5 nitrogen and oxygen atoms in total. The fourth-order valence-electron chi connectivity index (χ4n) is 5.30. The molecule has 4 rings (SSSR count). The quantitative estimate of drug-likeness (QED) is 0.251. The summed E-state index contributed by atoms with van der Waals surface area (Å²) in [4.78, 5) is 10.6. The van der Waals surface area contributed by atoms with Gasteiger partial charge < -0.3 is 19.9 Å². The van der Waals surface area contributed by atoms with E-state index in [0.29, 0.717) is 5.92 Å². The predicted octanol–water partition coefficient (Wildman–Crippen LogP) is 8.92. The van der Waals surface area contributed by atoms with E-state index in [1.165, 1.54) is 48.8 Å². The molecule has 3 heterocycles. The minimum Gasteiger partial charge on any atom is -0.385 e. The summed E-state index contributed by atoms with van der Waals surface area (Å²) >= 11 is 0. The van der Waals surface area contributed by atoms with Gasteiger partial charge in [-0.3, -0.25) is 0 Å². The van der Waals surface area contributed by atoms with Crippen LogP contribution in [0.25, 0.3) is 16.6 Å². The molecule has 0 amide bonds. The Morgan fingerprint density at radius 2 is 1.89 bits per heavy atom. The molecule has 38 heavy (non-hydrogen) atoms. The van der Waals surface area contributed by atoms with Crippen molar-refractivity contribution in [2.75, 3.05) is 25.5 Å². The van der Waals surface area contributed by atoms with Crippen LogP contribution in [0.4, 0.5) is 5.69 Å². The lowest BCUT2D eigenvalue weighted by atomic mass is 9.92. The maximum absolute atomic E-state index is 6.72. The van der Waals surface area contributed by atoms with Crippen LogP contribution in [0.2, 0.25) is 0 Å². The van der Waals surface area contributed by atoms with E-state index in [0.717, 1.165) is 47.0 Å². The largest absolute Gasteiger partial charge is 0.385 e. The van der Waals surface area contributed by atoms with Crippen LogP contribution < -0.4 is 5.32 Å². The van der Waals surface area contributed by atoms with Gasteiger partial charge in [-0.15, -0.1) is 0 Å². The molecule has 2 N–H and O–H groups in total. The first-order valence-electron chi connectivity index (χ1n) is 14.8. The van der Waals surface area contributed by atoms with E-state index >= 15 is 0 Å². The zero-order valence-electron chi connectivity index (χ0n) is 25.0. The lowest BCUT2D eigenvalue weighted by Gasteiger charge is -2.34. The number of ether oxygens (including phenoxy) is 1. The Morgan fingerprint density at radius 3 is 2.61 bits per heavy atom. The van der Waals surface area contributed by atoms with Crippen molar-refractivity contribution in [1.29, 1.82) is 0 Å². The molecule has 1 aliphatic heterocycles. The zero-order valence-corrected chi connectivity index (χ0v) is 25.0. The van der Waals surface area contributed by atoms with Gasteiger partial charge in [0.2, 0.25) is 0 Å². The summed E-state index contributed by atoms with van der Waals surface area (Å²) in [6.45, 7) is 16.8. The highest BCUT2D eigenvalue weighted by Crippen LogP contribution is 2.42. The van der Waals surface area contributed by atoms with Gasteiger partial charge >= 0.3 is 0 Å². The first-order chi connectivity index (χ1) is 18.4. The molecule has 5 heteroatoms. The maximum Gasteiger partial charge on any atom is 0.171 e. The molecule has 2 aromatic heterocycles. The Balaban J connectivity index is 0.00000195. The number of aromatic nitrogens is 2. The number of rotatable bonds is 12. The summed E-state index contributed by atoms with van der Waals surface area (Å²) in [6.07, 6.45) is 10.2. The van der Waals surface area contributed by atoms with Crippen LogP contribution in [0.3, 0.4) is 0 Å². The minimum absolute atomic E-state index is 0.154. The number of hydrogen-bond acceptors (Lipinski definition) is 4. The highest BCUT2D eigenvalue weighted by atomic mass is 16.5. The topological polar surface area (TPSA) is 53.2 Å². The third-order valence-electron chi connectivity index (χ3n) is 7.54. The molecule has 3 atom stereocenters. The molecule has 3 unspecified atom stereocenters. The molecule has 3 aromatic rings. The van der Waals surface area contributed by atoms with Crippen molar-refractivity contribution in [3.8, 4) is 0 Å². The number of fused-ring (bicyclic) bond motifs is 3. The number of aromatic amines is 1. The second-order valence-corrected chi connectivity index (χ2v) is 10.6. The van der Waals surface area contributed by atoms with Gasteiger partial charge in [-0.05, 0) is 67.9 Å². The van der Waals surface area contributed by atoms with Crippen LogP contribution in [0.1, 0.15) is 102 Å². The van der Waals surface area contributed by atoms with E-state index in [9.17, 15) is 0 Å². The van der Waals surface area contributed by atoms with Crippen LogP contribution in [-0.4, -0.2) is 35.1 Å². The second-order valence-electron chi connectivity index (χ2n) is 10.6. The number of aryl methyl sites for hydroxylation is 1. The number of nitrogens with zero attached hydrogens (tertiary/aromatic N) is 2. The van der Waals surface area contributed by atoms with E-state index < -0.39 is 0 Å². The Labute approximate surface area is 231 Å². The van der Waals surface area contributed by atoms with Crippen LogP contribution in [0, 0.1) is 18.8 Å². The van der Waals surface area contributed by atoms with E-state index in [1.807, 2.05) is 20.0 Å². The van der Waals surface area contributed by atoms with E-state index in [1.54, 1.807) is 0 Å². The van der Waals surface area contributed by atoms with Crippen molar-refractivity contribution >= 4 is 22.3 Å². The van der Waals surface area contributed by atoms with Crippen LogP contribution in [0.15, 0.2) is 42.7 Å². The van der Waals surface area contributed by atoms with Gasteiger partial charge in [-0.2, -0.15) is 0 Å². The Bertz CT molecular complexity index is 1180.